The van der Waals surface area contributed by atoms with E-state index >= 15 is 0 Å². The van der Waals surface area contributed by atoms with Crippen molar-refractivity contribution < 1.29 is 19.4 Å². The van der Waals surface area contributed by atoms with Crippen LogP contribution in [-0.4, -0.2) is 53.3 Å². The molecule has 6 nitrogen and oxygen atoms in total. The molecule has 0 spiro atoms. The van der Waals surface area contributed by atoms with Crippen molar-refractivity contribution in [2.24, 2.45) is 0 Å². The summed E-state index contributed by atoms with van der Waals surface area (Å²) in [6.45, 7) is 9.82. The lowest BCUT2D eigenvalue weighted by atomic mass is 10.0. The Morgan fingerprint density at radius 2 is 1.85 bits per heavy atom. The number of rotatable bonds is 5. The predicted octanol–water partition coefficient (Wildman–Crippen LogP) is 4.00. The number of hydrogen-bond acceptors (Lipinski definition) is 4. The molecule has 6 heteroatoms. The quantitative estimate of drug-likeness (QED) is 0.857. The summed E-state index contributed by atoms with van der Waals surface area (Å²) in [5, 5.41) is 9.04. The van der Waals surface area contributed by atoms with Crippen LogP contribution in [0, 0.1) is 0 Å². The molecule has 1 amide bonds. The van der Waals surface area contributed by atoms with Gasteiger partial charge in [-0.05, 0) is 51.5 Å². The Bertz CT molecular complexity index is 622. The molecule has 1 fully saturated rings. The van der Waals surface area contributed by atoms with Gasteiger partial charge in [-0.25, -0.2) is 9.59 Å². The third-order valence-electron chi connectivity index (χ3n) is 4.48. The van der Waals surface area contributed by atoms with Crippen LogP contribution in [0.2, 0.25) is 0 Å². The van der Waals surface area contributed by atoms with Crippen LogP contribution >= 0.6 is 0 Å². The first-order valence-corrected chi connectivity index (χ1v) is 9.29. The number of aromatic carboxylic acids is 1. The number of hydrogen-bond donors (Lipinski definition) is 1. The molecule has 1 aromatic carbocycles. The van der Waals surface area contributed by atoms with E-state index in [9.17, 15) is 9.59 Å². The number of piperazine rings is 1. The predicted molar refractivity (Wildman–Crippen MR) is 102 cm³/mol. The average molecular weight is 362 g/mol. The van der Waals surface area contributed by atoms with Crippen LogP contribution in [0.25, 0.3) is 0 Å². The van der Waals surface area contributed by atoms with Crippen LogP contribution < -0.4 is 4.90 Å². The number of carboxylic acids is 1. The van der Waals surface area contributed by atoms with Gasteiger partial charge in [-0.1, -0.05) is 19.8 Å². The van der Waals surface area contributed by atoms with Crippen molar-refractivity contribution in [2.75, 3.05) is 24.5 Å². The highest BCUT2D eigenvalue weighted by atomic mass is 16.6. The molecule has 0 bridgehead atoms. The van der Waals surface area contributed by atoms with E-state index in [1.54, 1.807) is 12.1 Å². The summed E-state index contributed by atoms with van der Waals surface area (Å²) in [7, 11) is 0. The van der Waals surface area contributed by atoms with Gasteiger partial charge in [0.1, 0.15) is 5.60 Å². The maximum atomic E-state index is 12.6. The molecule has 1 saturated heterocycles. The summed E-state index contributed by atoms with van der Waals surface area (Å²) in [6.07, 6.45) is 2.81. The van der Waals surface area contributed by atoms with Crippen LogP contribution in [0.3, 0.4) is 0 Å². The van der Waals surface area contributed by atoms with Crippen LogP contribution in [-0.2, 0) is 4.74 Å². The van der Waals surface area contributed by atoms with Gasteiger partial charge < -0.3 is 19.6 Å². The second-order valence-corrected chi connectivity index (χ2v) is 7.77. The van der Waals surface area contributed by atoms with Gasteiger partial charge in [-0.3, -0.25) is 0 Å². The Morgan fingerprint density at radius 3 is 2.38 bits per heavy atom. The highest BCUT2D eigenvalue weighted by molar-refractivity contribution is 5.88. The number of anilines is 1. The summed E-state index contributed by atoms with van der Waals surface area (Å²) in [6, 6.07) is 7.02. The summed E-state index contributed by atoms with van der Waals surface area (Å²) >= 11 is 0. The molecule has 1 aliphatic heterocycles. The molecule has 1 atom stereocenters. The maximum absolute atomic E-state index is 12.6. The van der Waals surface area contributed by atoms with Gasteiger partial charge in [0.25, 0.3) is 0 Å². The molecule has 0 aromatic heterocycles. The first-order chi connectivity index (χ1) is 12.2. The molecular weight excluding hydrogens is 332 g/mol. The van der Waals surface area contributed by atoms with Crippen molar-refractivity contribution in [3.05, 3.63) is 29.8 Å². The Morgan fingerprint density at radius 1 is 1.19 bits per heavy atom. The van der Waals surface area contributed by atoms with E-state index in [0.29, 0.717) is 13.1 Å². The zero-order chi connectivity index (χ0) is 19.3. The first-order valence-electron chi connectivity index (χ1n) is 9.29. The van der Waals surface area contributed by atoms with E-state index in [2.05, 4.69) is 11.8 Å². The zero-order valence-corrected chi connectivity index (χ0v) is 16.2. The minimum atomic E-state index is -0.924. The molecule has 1 aromatic rings. The van der Waals surface area contributed by atoms with Crippen LogP contribution in [0.1, 0.15) is 57.3 Å². The third-order valence-corrected chi connectivity index (χ3v) is 4.48. The fraction of sp³-hybridized carbons (Fsp3) is 0.600. The van der Waals surface area contributed by atoms with Crippen molar-refractivity contribution in [1.82, 2.24) is 4.90 Å². The van der Waals surface area contributed by atoms with Gasteiger partial charge in [0.15, 0.2) is 0 Å². The van der Waals surface area contributed by atoms with E-state index in [4.69, 9.17) is 9.84 Å². The Balaban J connectivity index is 2.10. The smallest absolute Gasteiger partial charge is 0.410 e. The maximum Gasteiger partial charge on any atom is 0.410 e. The number of amides is 1. The number of carbonyl (C=O) groups is 2. The lowest BCUT2D eigenvalue weighted by Crippen LogP contribution is -2.56. The van der Waals surface area contributed by atoms with Gasteiger partial charge >= 0.3 is 12.1 Å². The summed E-state index contributed by atoms with van der Waals surface area (Å²) in [5.41, 5.74) is 0.764. The van der Waals surface area contributed by atoms with Crippen molar-refractivity contribution >= 4 is 17.7 Å². The molecule has 1 aliphatic rings. The molecular formula is C20H30N2O4. The fourth-order valence-electron chi connectivity index (χ4n) is 3.15. The monoisotopic (exact) mass is 362 g/mol. The van der Waals surface area contributed by atoms with Crippen LogP contribution in [0.4, 0.5) is 10.5 Å². The topological polar surface area (TPSA) is 70.1 Å². The van der Waals surface area contributed by atoms with Crippen molar-refractivity contribution in [3.63, 3.8) is 0 Å². The van der Waals surface area contributed by atoms with Gasteiger partial charge in [0, 0.05) is 25.3 Å². The van der Waals surface area contributed by atoms with Crippen molar-refractivity contribution in [3.8, 4) is 0 Å². The van der Waals surface area contributed by atoms with E-state index in [-0.39, 0.29) is 17.7 Å². The van der Waals surface area contributed by atoms with E-state index in [1.807, 2.05) is 37.8 Å². The lowest BCUT2D eigenvalue weighted by molar-refractivity contribution is 0.0129. The molecule has 0 radical (unpaired) electrons. The first kappa shape index (κ1) is 20.1. The second kappa shape index (κ2) is 8.43. The SMILES string of the molecule is CCCCC1CN(c2ccc(C(=O)O)cc2)CCN1C(=O)OC(C)(C)C. The van der Waals surface area contributed by atoms with Gasteiger partial charge in [-0.2, -0.15) is 0 Å². The highest BCUT2D eigenvalue weighted by Crippen LogP contribution is 2.24. The van der Waals surface area contributed by atoms with Crippen molar-refractivity contribution in [2.45, 2.75) is 58.6 Å². The molecule has 1 unspecified atom stereocenters. The van der Waals surface area contributed by atoms with Gasteiger partial charge in [0.2, 0.25) is 0 Å². The Hall–Kier alpha value is -2.24. The lowest BCUT2D eigenvalue weighted by Gasteiger charge is -2.42. The number of nitrogens with zero attached hydrogens (tertiary/aromatic N) is 2. The molecule has 1 heterocycles. The molecule has 26 heavy (non-hydrogen) atoms. The highest BCUT2D eigenvalue weighted by Gasteiger charge is 2.33. The number of carbonyl (C=O) groups excluding carboxylic acids is 1. The number of ether oxygens (including phenoxy) is 1. The molecule has 1 N–H and O–H groups in total. The summed E-state index contributed by atoms with van der Waals surface area (Å²) in [5.74, 6) is -0.924. The fourth-order valence-corrected chi connectivity index (χ4v) is 3.15. The second-order valence-electron chi connectivity index (χ2n) is 7.77. The van der Waals surface area contributed by atoms with Crippen molar-refractivity contribution in [1.29, 1.82) is 0 Å². The summed E-state index contributed by atoms with van der Waals surface area (Å²) in [4.78, 5) is 27.7. The number of benzene rings is 1. The van der Waals surface area contributed by atoms with Crippen LogP contribution in [0.5, 0.6) is 0 Å². The largest absolute Gasteiger partial charge is 0.478 e. The van der Waals surface area contributed by atoms with E-state index < -0.39 is 11.6 Å². The third kappa shape index (κ3) is 5.38. The van der Waals surface area contributed by atoms with E-state index in [0.717, 1.165) is 31.5 Å². The number of unbranched alkanes of at least 4 members (excludes halogenated alkanes) is 1. The van der Waals surface area contributed by atoms with Crippen LogP contribution in [0.15, 0.2) is 24.3 Å². The zero-order valence-electron chi connectivity index (χ0n) is 16.2. The standard InChI is InChI=1S/C20H30N2O4/c1-5-6-7-17-14-21(16-10-8-15(9-11-16)18(23)24)12-13-22(17)19(25)26-20(2,3)4/h8-11,17H,5-7,12-14H2,1-4H3,(H,23,24). The summed E-state index contributed by atoms with van der Waals surface area (Å²) < 4.78 is 5.57. The average Bonchev–Trinajstić information content (AvgIpc) is 2.58. The molecule has 2 rings (SSSR count). The molecule has 0 aliphatic carbocycles. The normalized spacial score (nSPS) is 17.9. The minimum absolute atomic E-state index is 0.0951. The Labute approximate surface area is 155 Å². The Kier molecular flexibility index (Phi) is 6.51. The minimum Gasteiger partial charge on any atom is -0.478 e. The molecule has 0 saturated carbocycles. The number of carboxylic acid groups (broad SMARTS) is 1. The molecule has 144 valence electrons. The van der Waals surface area contributed by atoms with Gasteiger partial charge in [0.05, 0.1) is 11.6 Å². The van der Waals surface area contributed by atoms with E-state index in [1.165, 1.54) is 0 Å². The van der Waals surface area contributed by atoms with Gasteiger partial charge in [-0.15, -0.1) is 0 Å².